The molecule has 0 saturated carbocycles. The van der Waals surface area contributed by atoms with Crippen molar-refractivity contribution in [3.63, 3.8) is 0 Å². The predicted octanol–water partition coefficient (Wildman–Crippen LogP) is 3.14. The van der Waals surface area contributed by atoms with E-state index in [1.54, 1.807) is 25.3 Å². The predicted molar refractivity (Wildman–Crippen MR) is 98.7 cm³/mol. The molecule has 0 unspecified atom stereocenters. The standard InChI is InChI=1S/C19H22N4O2/c1-12-8-13(2)18(14(3)9-12)21-17(24)10-15(4)22-23-19(25)16-6-5-7-20-11-16/h5-9,11H,10H2,1-4H3,(H,21,24)(H,23,25). The van der Waals surface area contributed by atoms with E-state index in [-0.39, 0.29) is 18.2 Å². The molecule has 0 aliphatic heterocycles. The van der Waals surface area contributed by atoms with Gasteiger partial charge in [-0.3, -0.25) is 14.6 Å². The van der Waals surface area contributed by atoms with Gasteiger partial charge in [0.1, 0.15) is 0 Å². The van der Waals surface area contributed by atoms with Gasteiger partial charge < -0.3 is 5.32 Å². The van der Waals surface area contributed by atoms with E-state index in [2.05, 4.69) is 20.8 Å². The number of hydrogen-bond donors (Lipinski definition) is 2. The number of nitrogens with one attached hydrogen (secondary N) is 2. The summed E-state index contributed by atoms with van der Waals surface area (Å²) in [4.78, 5) is 28.0. The normalized spacial score (nSPS) is 11.1. The molecule has 2 amide bonds. The Labute approximate surface area is 147 Å². The average molecular weight is 338 g/mol. The van der Waals surface area contributed by atoms with E-state index < -0.39 is 0 Å². The number of anilines is 1. The van der Waals surface area contributed by atoms with E-state index in [0.29, 0.717) is 11.3 Å². The van der Waals surface area contributed by atoms with Gasteiger partial charge in [-0.25, -0.2) is 5.43 Å². The van der Waals surface area contributed by atoms with E-state index in [9.17, 15) is 9.59 Å². The number of aromatic nitrogens is 1. The second-order valence-electron chi connectivity index (χ2n) is 6.03. The number of rotatable bonds is 5. The molecule has 2 rings (SSSR count). The third kappa shape index (κ3) is 5.24. The first-order valence-electron chi connectivity index (χ1n) is 7.98. The summed E-state index contributed by atoms with van der Waals surface area (Å²) in [5.74, 6) is -0.537. The number of benzene rings is 1. The summed E-state index contributed by atoms with van der Waals surface area (Å²) in [6.45, 7) is 7.64. The van der Waals surface area contributed by atoms with Crippen LogP contribution in [0.2, 0.25) is 0 Å². The molecule has 1 heterocycles. The molecule has 0 aliphatic rings. The number of hydrogen-bond acceptors (Lipinski definition) is 4. The van der Waals surface area contributed by atoms with Gasteiger partial charge in [0.15, 0.2) is 0 Å². The van der Waals surface area contributed by atoms with Crippen molar-refractivity contribution in [3.05, 3.63) is 58.9 Å². The number of nitrogens with zero attached hydrogens (tertiary/aromatic N) is 2. The van der Waals surface area contributed by atoms with Crippen LogP contribution >= 0.6 is 0 Å². The Hall–Kier alpha value is -3.02. The molecule has 0 fully saturated rings. The maximum Gasteiger partial charge on any atom is 0.272 e. The van der Waals surface area contributed by atoms with Gasteiger partial charge in [-0.1, -0.05) is 17.7 Å². The number of carbonyl (C=O) groups is 2. The molecule has 130 valence electrons. The fourth-order valence-electron chi connectivity index (χ4n) is 2.54. The largest absolute Gasteiger partial charge is 0.325 e. The minimum absolute atomic E-state index is 0.0973. The second-order valence-corrected chi connectivity index (χ2v) is 6.03. The number of pyridine rings is 1. The number of aryl methyl sites for hydroxylation is 3. The Morgan fingerprint density at radius 1 is 1.16 bits per heavy atom. The monoisotopic (exact) mass is 338 g/mol. The third-order valence-electron chi connectivity index (χ3n) is 3.63. The number of amides is 2. The lowest BCUT2D eigenvalue weighted by Gasteiger charge is -2.12. The SMILES string of the molecule is CC(CC(=O)Nc1c(C)cc(C)cc1C)=NNC(=O)c1cccnc1. The summed E-state index contributed by atoms with van der Waals surface area (Å²) >= 11 is 0. The highest BCUT2D eigenvalue weighted by molar-refractivity contribution is 6.06. The van der Waals surface area contributed by atoms with Crippen LogP contribution in [0.15, 0.2) is 41.8 Å². The highest BCUT2D eigenvalue weighted by Gasteiger charge is 2.10. The van der Waals surface area contributed by atoms with Crippen LogP contribution in [0.3, 0.4) is 0 Å². The first kappa shape index (κ1) is 18.3. The van der Waals surface area contributed by atoms with Gasteiger partial charge in [0, 0.05) is 23.8 Å². The lowest BCUT2D eigenvalue weighted by Crippen LogP contribution is -2.22. The summed E-state index contributed by atoms with van der Waals surface area (Å²) < 4.78 is 0. The van der Waals surface area contributed by atoms with Crippen molar-refractivity contribution < 1.29 is 9.59 Å². The van der Waals surface area contributed by atoms with E-state index in [0.717, 1.165) is 22.4 Å². The van der Waals surface area contributed by atoms with Gasteiger partial charge in [-0.15, -0.1) is 0 Å². The zero-order valence-electron chi connectivity index (χ0n) is 14.9. The average Bonchev–Trinajstić information content (AvgIpc) is 2.56. The molecule has 6 nitrogen and oxygen atoms in total. The zero-order chi connectivity index (χ0) is 18.4. The molecule has 0 aliphatic carbocycles. The van der Waals surface area contributed by atoms with Gasteiger partial charge in [0.2, 0.25) is 5.91 Å². The van der Waals surface area contributed by atoms with Crippen molar-refractivity contribution in [2.75, 3.05) is 5.32 Å². The van der Waals surface area contributed by atoms with Gasteiger partial charge in [0.25, 0.3) is 5.91 Å². The fourth-order valence-corrected chi connectivity index (χ4v) is 2.54. The molecule has 0 bridgehead atoms. The quantitative estimate of drug-likeness (QED) is 0.649. The van der Waals surface area contributed by atoms with E-state index >= 15 is 0 Å². The Morgan fingerprint density at radius 2 is 1.84 bits per heavy atom. The molecule has 1 aromatic carbocycles. The summed E-state index contributed by atoms with van der Waals surface area (Å²) in [5.41, 5.74) is 7.37. The molecular weight excluding hydrogens is 316 g/mol. The van der Waals surface area contributed by atoms with Crippen LogP contribution in [0.25, 0.3) is 0 Å². The molecule has 0 saturated heterocycles. The Balaban J connectivity index is 1.95. The van der Waals surface area contributed by atoms with Crippen LogP contribution < -0.4 is 10.7 Å². The number of hydrazone groups is 1. The van der Waals surface area contributed by atoms with Crippen LogP contribution in [0.1, 0.15) is 40.4 Å². The van der Waals surface area contributed by atoms with Crippen molar-refractivity contribution in [1.82, 2.24) is 10.4 Å². The summed E-state index contributed by atoms with van der Waals surface area (Å²) in [7, 11) is 0. The molecule has 25 heavy (non-hydrogen) atoms. The maximum atomic E-state index is 12.2. The van der Waals surface area contributed by atoms with Gasteiger partial charge in [-0.05, 0) is 51.0 Å². The lowest BCUT2D eigenvalue weighted by molar-refractivity contribution is -0.115. The van der Waals surface area contributed by atoms with Crippen molar-refractivity contribution in [3.8, 4) is 0 Å². The van der Waals surface area contributed by atoms with Gasteiger partial charge >= 0.3 is 0 Å². The van der Waals surface area contributed by atoms with Crippen LogP contribution in [0, 0.1) is 20.8 Å². The maximum absolute atomic E-state index is 12.2. The Morgan fingerprint density at radius 3 is 2.44 bits per heavy atom. The van der Waals surface area contributed by atoms with E-state index in [1.807, 2.05) is 32.9 Å². The molecule has 2 aromatic rings. The molecule has 6 heteroatoms. The first-order chi connectivity index (χ1) is 11.9. The molecule has 2 N–H and O–H groups in total. The minimum atomic E-state index is -0.363. The number of carbonyl (C=O) groups excluding carboxylic acids is 2. The fraction of sp³-hybridized carbons (Fsp3) is 0.263. The molecule has 0 atom stereocenters. The van der Waals surface area contributed by atoms with Gasteiger partial charge in [0.05, 0.1) is 12.0 Å². The third-order valence-corrected chi connectivity index (χ3v) is 3.63. The minimum Gasteiger partial charge on any atom is -0.325 e. The van der Waals surface area contributed by atoms with E-state index in [4.69, 9.17) is 0 Å². The highest BCUT2D eigenvalue weighted by atomic mass is 16.2. The van der Waals surface area contributed by atoms with Crippen molar-refractivity contribution in [2.45, 2.75) is 34.1 Å². The topological polar surface area (TPSA) is 83.5 Å². The van der Waals surface area contributed by atoms with Crippen molar-refractivity contribution >= 4 is 23.2 Å². The molecule has 1 aromatic heterocycles. The Kier molecular flexibility index (Phi) is 6.00. The second kappa shape index (κ2) is 8.19. The Bertz CT molecular complexity index is 790. The highest BCUT2D eigenvalue weighted by Crippen LogP contribution is 2.22. The smallest absolute Gasteiger partial charge is 0.272 e. The lowest BCUT2D eigenvalue weighted by atomic mass is 10.0. The molecule has 0 radical (unpaired) electrons. The summed E-state index contributed by atoms with van der Waals surface area (Å²) in [6.07, 6.45) is 3.14. The van der Waals surface area contributed by atoms with Crippen LogP contribution in [0.4, 0.5) is 5.69 Å². The molecule has 0 spiro atoms. The summed E-state index contributed by atoms with van der Waals surface area (Å²) in [6, 6.07) is 7.36. The zero-order valence-corrected chi connectivity index (χ0v) is 14.9. The van der Waals surface area contributed by atoms with Crippen molar-refractivity contribution in [2.24, 2.45) is 5.10 Å². The van der Waals surface area contributed by atoms with Crippen molar-refractivity contribution in [1.29, 1.82) is 0 Å². The molecular formula is C19H22N4O2. The van der Waals surface area contributed by atoms with E-state index in [1.165, 1.54) is 6.20 Å². The van der Waals surface area contributed by atoms with Crippen LogP contribution in [0.5, 0.6) is 0 Å². The first-order valence-corrected chi connectivity index (χ1v) is 7.98. The van der Waals surface area contributed by atoms with Gasteiger partial charge in [-0.2, -0.15) is 5.10 Å². The van der Waals surface area contributed by atoms with Crippen LogP contribution in [-0.4, -0.2) is 22.5 Å². The van der Waals surface area contributed by atoms with Crippen LogP contribution in [-0.2, 0) is 4.79 Å². The summed E-state index contributed by atoms with van der Waals surface area (Å²) in [5, 5.41) is 6.88.